The van der Waals surface area contributed by atoms with E-state index in [1.165, 1.54) is 6.33 Å². The normalized spacial score (nSPS) is 16.8. The van der Waals surface area contributed by atoms with Crippen molar-refractivity contribution in [1.82, 2.24) is 19.5 Å². The molecule has 0 saturated carbocycles. The van der Waals surface area contributed by atoms with Crippen LogP contribution in [0.5, 0.6) is 11.5 Å². The molecule has 0 bridgehead atoms. The number of fused-ring (bicyclic) bond motifs is 2. The van der Waals surface area contributed by atoms with Gasteiger partial charge in [0.1, 0.15) is 19.5 Å². The quantitative estimate of drug-likeness (QED) is 0.640. The molecule has 3 heterocycles. The Morgan fingerprint density at radius 1 is 0.828 bits per heavy atom. The van der Waals surface area contributed by atoms with Gasteiger partial charge in [-0.05, 0) is 12.1 Å². The number of hydrogen-bond donors (Lipinski definition) is 1. The molecule has 4 rings (SSSR count). The SMILES string of the molecule is O=c1[nH]cnc2c1ncn2-c1ccc2c(c1)OCCOCCOCCOCCO2. The number of imidazole rings is 1. The average Bonchev–Trinajstić information content (AvgIpc) is 3.16. The van der Waals surface area contributed by atoms with Crippen molar-refractivity contribution in [2.75, 3.05) is 52.9 Å². The topological polar surface area (TPSA) is 110 Å². The van der Waals surface area contributed by atoms with Crippen molar-refractivity contribution in [3.8, 4) is 17.2 Å². The van der Waals surface area contributed by atoms with E-state index in [1.54, 1.807) is 10.9 Å². The third-order valence-electron chi connectivity index (χ3n) is 4.26. The van der Waals surface area contributed by atoms with Gasteiger partial charge in [0.05, 0.1) is 51.7 Å². The van der Waals surface area contributed by atoms with E-state index in [0.717, 1.165) is 5.69 Å². The second-order valence-electron chi connectivity index (χ2n) is 6.18. The Morgan fingerprint density at radius 2 is 1.48 bits per heavy atom. The van der Waals surface area contributed by atoms with Crippen molar-refractivity contribution in [2.24, 2.45) is 0 Å². The molecule has 29 heavy (non-hydrogen) atoms. The Labute approximate surface area is 166 Å². The standard InChI is InChI=1S/C19H22N4O6/c24-19-17-18(20-12-21-19)23(13-22-17)14-1-2-15-16(11-14)29-10-8-27-6-4-25-3-5-26-7-9-28-15/h1-2,11-13H,3-10H2,(H,20,21,24). The van der Waals surface area contributed by atoms with Crippen molar-refractivity contribution in [3.63, 3.8) is 0 Å². The second kappa shape index (κ2) is 9.50. The minimum absolute atomic E-state index is 0.272. The van der Waals surface area contributed by atoms with Crippen molar-refractivity contribution < 1.29 is 23.7 Å². The molecule has 0 radical (unpaired) electrons. The summed E-state index contributed by atoms with van der Waals surface area (Å²) >= 11 is 0. The lowest BCUT2D eigenvalue weighted by Crippen LogP contribution is -2.13. The number of nitrogens with one attached hydrogen (secondary N) is 1. The summed E-state index contributed by atoms with van der Waals surface area (Å²) in [6.07, 6.45) is 2.91. The van der Waals surface area contributed by atoms with Crippen LogP contribution in [-0.2, 0) is 14.2 Å². The Kier molecular flexibility index (Phi) is 6.35. The molecule has 1 aromatic carbocycles. The van der Waals surface area contributed by atoms with E-state index in [9.17, 15) is 4.79 Å². The smallest absolute Gasteiger partial charge is 0.278 e. The van der Waals surface area contributed by atoms with E-state index < -0.39 is 0 Å². The molecule has 0 spiro atoms. The molecule has 0 fully saturated rings. The number of aromatic amines is 1. The average molecular weight is 402 g/mol. The Hall–Kier alpha value is -2.95. The summed E-state index contributed by atoms with van der Waals surface area (Å²) in [6, 6.07) is 5.48. The molecule has 0 saturated heterocycles. The first-order chi connectivity index (χ1) is 14.3. The lowest BCUT2D eigenvalue weighted by atomic mass is 10.2. The van der Waals surface area contributed by atoms with Gasteiger partial charge in [0, 0.05) is 6.07 Å². The van der Waals surface area contributed by atoms with E-state index in [-0.39, 0.29) is 11.1 Å². The summed E-state index contributed by atoms with van der Waals surface area (Å²) in [5, 5.41) is 0. The highest BCUT2D eigenvalue weighted by Gasteiger charge is 2.13. The van der Waals surface area contributed by atoms with Gasteiger partial charge in [0.15, 0.2) is 22.7 Å². The summed E-state index contributed by atoms with van der Waals surface area (Å²) in [7, 11) is 0. The maximum atomic E-state index is 11.9. The molecule has 0 unspecified atom stereocenters. The number of benzene rings is 1. The third-order valence-corrected chi connectivity index (χ3v) is 4.26. The van der Waals surface area contributed by atoms with Crippen LogP contribution in [0.2, 0.25) is 0 Å². The zero-order chi connectivity index (χ0) is 19.9. The van der Waals surface area contributed by atoms with Crippen LogP contribution in [-0.4, -0.2) is 72.4 Å². The van der Waals surface area contributed by atoms with Crippen molar-refractivity contribution >= 4 is 11.2 Å². The summed E-state index contributed by atoms with van der Waals surface area (Å²) < 4.78 is 29.8. The van der Waals surface area contributed by atoms with Crippen LogP contribution in [0, 0.1) is 0 Å². The van der Waals surface area contributed by atoms with Gasteiger partial charge in [0.25, 0.3) is 5.56 Å². The van der Waals surface area contributed by atoms with Gasteiger partial charge in [-0.3, -0.25) is 9.36 Å². The van der Waals surface area contributed by atoms with Crippen LogP contribution in [0.4, 0.5) is 0 Å². The zero-order valence-corrected chi connectivity index (χ0v) is 15.8. The highest BCUT2D eigenvalue weighted by atomic mass is 16.6. The first kappa shape index (κ1) is 19.4. The summed E-state index contributed by atoms with van der Waals surface area (Å²) in [4.78, 5) is 22.8. The third kappa shape index (κ3) is 4.73. The van der Waals surface area contributed by atoms with E-state index in [4.69, 9.17) is 23.7 Å². The first-order valence-corrected chi connectivity index (χ1v) is 9.37. The lowest BCUT2D eigenvalue weighted by molar-refractivity contribution is 0.00708. The van der Waals surface area contributed by atoms with Gasteiger partial charge in [-0.2, -0.15) is 0 Å². The summed E-state index contributed by atoms with van der Waals surface area (Å²) in [5.74, 6) is 1.16. The Morgan fingerprint density at radius 3 is 2.21 bits per heavy atom. The molecule has 10 nitrogen and oxygen atoms in total. The van der Waals surface area contributed by atoms with Gasteiger partial charge < -0.3 is 28.7 Å². The van der Waals surface area contributed by atoms with Crippen LogP contribution in [0.25, 0.3) is 16.9 Å². The zero-order valence-electron chi connectivity index (χ0n) is 15.8. The fourth-order valence-corrected chi connectivity index (χ4v) is 2.88. The minimum atomic E-state index is -0.288. The predicted molar refractivity (Wildman–Crippen MR) is 103 cm³/mol. The molecule has 154 valence electrons. The van der Waals surface area contributed by atoms with Crippen LogP contribution in [0.1, 0.15) is 0 Å². The molecule has 0 aliphatic carbocycles. The van der Waals surface area contributed by atoms with Gasteiger partial charge in [-0.15, -0.1) is 0 Å². The molecule has 3 aromatic rings. The van der Waals surface area contributed by atoms with Crippen LogP contribution in [0.3, 0.4) is 0 Å². The van der Waals surface area contributed by atoms with E-state index in [1.807, 2.05) is 18.2 Å². The molecule has 1 aliphatic heterocycles. The minimum Gasteiger partial charge on any atom is -0.487 e. The fourth-order valence-electron chi connectivity index (χ4n) is 2.88. The van der Waals surface area contributed by atoms with Crippen LogP contribution >= 0.6 is 0 Å². The van der Waals surface area contributed by atoms with Gasteiger partial charge in [-0.1, -0.05) is 0 Å². The van der Waals surface area contributed by atoms with E-state index >= 15 is 0 Å². The highest BCUT2D eigenvalue weighted by molar-refractivity contribution is 5.71. The Bertz CT molecular complexity index is 1000. The van der Waals surface area contributed by atoms with Gasteiger partial charge in [-0.25, -0.2) is 9.97 Å². The van der Waals surface area contributed by atoms with Gasteiger partial charge in [0.2, 0.25) is 0 Å². The molecule has 0 atom stereocenters. The molecule has 10 heteroatoms. The van der Waals surface area contributed by atoms with Crippen molar-refractivity contribution in [3.05, 3.63) is 41.2 Å². The molecule has 1 aliphatic rings. The Balaban J connectivity index is 1.59. The molecular weight excluding hydrogens is 380 g/mol. The predicted octanol–water partition coefficient (Wildman–Crippen LogP) is 0.930. The highest BCUT2D eigenvalue weighted by Crippen LogP contribution is 2.30. The second-order valence-corrected chi connectivity index (χ2v) is 6.18. The van der Waals surface area contributed by atoms with E-state index in [2.05, 4.69) is 15.0 Å². The van der Waals surface area contributed by atoms with Crippen LogP contribution < -0.4 is 15.0 Å². The number of nitrogens with zero attached hydrogens (tertiary/aromatic N) is 3. The molecule has 0 amide bonds. The lowest BCUT2D eigenvalue weighted by Gasteiger charge is -2.15. The number of rotatable bonds is 1. The van der Waals surface area contributed by atoms with Crippen molar-refractivity contribution in [2.45, 2.75) is 0 Å². The monoisotopic (exact) mass is 402 g/mol. The fraction of sp³-hybridized carbons (Fsp3) is 0.421. The summed E-state index contributed by atoms with van der Waals surface area (Å²) in [5.41, 5.74) is 1.19. The maximum absolute atomic E-state index is 11.9. The molecular formula is C19H22N4O6. The summed E-state index contributed by atoms with van der Waals surface area (Å²) in [6.45, 7) is 3.65. The van der Waals surface area contributed by atoms with E-state index in [0.29, 0.717) is 70.0 Å². The van der Waals surface area contributed by atoms with Gasteiger partial charge >= 0.3 is 0 Å². The largest absolute Gasteiger partial charge is 0.487 e. The van der Waals surface area contributed by atoms with Crippen molar-refractivity contribution in [1.29, 1.82) is 0 Å². The number of H-pyrrole nitrogens is 1. The number of ether oxygens (including phenoxy) is 5. The maximum Gasteiger partial charge on any atom is 0.278 e. The number of hydrogen-bond acceptors (Lipinski definition) is 8. The van der Waals surface area contributed by atoms with Crippen LogP contribution in [0.15, 0.2) is 35.6 Å². The first-order valence-electron chi connectivity index (χ1n) is 9.37. The number of aromatic nitrogens is 4. The molecule has 1 N–H and O–H groups in total. The molecule has 2 aromatic heterocycles.